The first-order valence-electron chi connectivity index (χ1n) is 4.92. The second-order valence-corrected chi connectivity index (χ2v) is 3.82. The first-order valence-corrected chi connectivity index (χ1v) is 5.30. The van der Waals surface area contributed by atoms with Crippen molar-refractivity contribution in [2.45, 2.75) is 13.3 Å². The van der Waals surface area contributed by atoms with Gasteiger partial charge in [0.15, 0.2) is 5.82 Å². The minimum Gasteiger partial charge on any atom is -0.382 e. The summed E-state index contributed by atoms with van der Waals surface area (Å²) < 4.78 is 13.8. The Labute approximate surface area is 97.4 Å². The SMILES string of the molecule is CCc1c(N)n[nH]c1-c1cccc(Cl)c1F. The van der Waals surface area contributed by atoms with E-state index < -0.39 is 5.82 Å². The topological polar surface area (TPSA) is 54.7 Å². The van der Waals surface area contributed by atoms with Crippen LogP contribution in [-0.4, -0.2) is 10.2 Å². The Morgan fingerprint density at radius 3 is 2.94 bits per heavy atom. The monoisotopic (exact) mass is 239 g/mol. The van der Waals surface area contributed by atoms with Crippen LogP contribution in [0, 0.1) is 5.82 Å². The molecule has 0 radical (unpaired) electrons. The molecule has 0 bridgehead atoms. The Balaban J connectivity index is 2.63. The third kappa shape index (κ3) is 1.65. The smallest absolute Gasteiger partial charge is 0.151 e. The maximum Gasteiger partial charge on any atom is 0.151 e. The molecule has 0 saturated heterocycles. The molecular weight excluding hydrogens is 229 g/mol. The van der Waals surface area contributed by atoms with Crippen LogP contribution in [0.4, 0.5) is 10.2 Å². The van der Waals surface area contributed by atoms with Crippen molar-refractivity contribution in [2.75, 3.05) is 5.73 Å². The van der Waals surface area contributed by atoms with Gasteiger partial charge in [-0.15, -0.1) is 0 Å². The number of aromatic amines is 1. The number of halogens is 2. The van der Waals surface area contributed by atoms with E-state index in [4.69, 9.17) is 17.3 Å². The van der Waals surface area contributed by atoms with Crippen LogP contribution in [0.3, 0.4) is 0 Å². The number of hydrogen-bond acceptors (Lipinski definition) is 2. The number of nitrogen functional groups attached to an aromatic ring is 1. The Morgan fingerprint density at radius 1 is 1.50 bits per heavy atom. The van der Waals surface area contributed by atoms with Gasteiger partial charge in [0.2, 0.25) is 0 Å². The van der Waals surface area contributed by atoms with E-state index in [-0.39, 0.29) is 5.02 Å². The summed E-state index contributed by atoms with van der Waals surface area (Å²) in [6, 6.07) is 4.84. The van der Waals surface area contributed by atoms with Crippen LogP contribution in [0.15, 0.2) is 18.2 Å². The van der Waals surface area contributed by atoms with Gasteiger partial charge in [-0.3, -0.25) is 5.10 Å². The van der Waals surface area contributed by atoms with Gasteiger partial charge in [-0.25, -0.2) is 4.39 Å². The Hall–Kier alpha value is -1.55. The molecule has 0 aliphatic heterocycles. The van der Waals surface area contributed by atoms with Gasteiger partial charge >= 0.3 is 0 Å². The van der Waals surface area contributed by atoms with Gasteiger partial charge in [-0.1, -0.05) is 24.6 Å². The highest BCUT2D eigenvalue weighted by Gasteiger charge is 2.15. The molecule has 0 atom stereocenters. The van der Waals surface area contributed by atoms with Gasteiger partial charge in [0.05, 0.1) is 10.7 Å². The van der Waals surface area contributed by atoms with Gasteiger partial charge < -0.3 is 5.73 Å². The second-order valence-electron chi connectivity index (χ2n) is 3.42. The number of benzene rings is 1. The van der Waals surface area contributed by atoms with Crippen LogP contribution in [0.5, 0.6) is 0 Å². The van der Waals surface area contributed by atoms with Gasteiger partial charge in [0, 0.05) is 11.1 Å². The van der Waals surface area contributed by atoms with E-state index in [1.165, 1.54) is 6.07 Å². The summed E-state index contributed by atoms with van der Waals surface area (Å²) in [7, 11) is 0. The molecular formula is C11H11ClFN3. The standard InChI is InChI=1S/C11H11ClFN3/c1-2-6-10(15-16-11(6)14)7-4-3-5-8(12)9(7)13/h3-5H,2H2,1H3,(H3,14,15,16). The molecule has 0 unspecified atom stereocenters. The van der Waals surface area contributed by atoms with Crippen molar-refractivity contribution >= 4 is 17.4 Å². The van der Waals surface area contributed by atoms with Crippen LogP contribution in [-0.2, 0) is 6.42 Å². The number of aromatic nitrogens is 2. The maximum atomic E-state index is 13.8. The molecule has 0 aliphatic carbocycles. The zero-order valence-corrected chi connectivity index (χ0v) is 9.48. The van der Waals surface area contributed by atoms with Crippen molar-refractivity contribution in [1.29, 1.82) is 0 Å². The lowest BCUT2D eigenvalue weighted by molar-refractivity contribution is 0.631. The predicted octanol–water partition coefficient (Wildman–Crippen LogP) is 3.01. The lowest BCUT2D eigenvalue weighted by Gasteiger charge is -2.04. The summed E-state index contributed by atoms with van der Waals surface area (Å²) in [5.41, 5.74) is 7.48. The average molecular weight is 240 g/mol. The fourth-order valence-electron chi connectivity index (χ4n) is 1.66. The molecule has 5 heteroatoms. The van der Waals surface area contributed by atoms with Crippen LogP contribution in [0.1, 0.15) is 12.5 Å². The molecule has 0 amide bonds. The zero-order chi connectivity index (χ0) is 11.7. The lowest BCUT2D eigenvalue weighted by Crippen LogP contribution is -1.92. The minimum atomic E-state index is -0.456. The molecule has 1 aromatic carbocycles. The number of H-pyrrole nitrogens is 1. The molecule has 16 heavy (non-hydrogen) atoms. The van der Waals surface area contributed by atoms with E-state index >= 15 is 0 Å². The molecule has 0 aliphatic rings. The fraction of sp³-hybridized carbons (Fsp3) is 0.182. The number of nitrogens with one attached hydrogen (secondary N) is 1. The van der Waals surface area contributed by atoms with Crippen LogP contribution in [0.2, 0.25) is 5.02 Å². The van der Waals surface area contributed by atoms with Gasteiger partial charge in [0.1, 0.15) is 5.82 Å². The van der Waals surface area contributed by atoms with Crippen molar-refractivity contribution in [1.82, 2.24) is 10.2 Å². The summed E-state index contributed by atoms with van der Waals surface area (Å²) in [5, 5.41) is 6.70. The van der Waals surface area contributed by atoms with Crippen molar-refractivity contribution < 1.29 is 4.39 Å². The van der Waals surface area contributed by atoms with E-state index in [0.29, 0.717) is 23.5 Å². The van der Waals surface area contributed by atoms with Crippen molar-refractivity contribution in [3.8, 4) is 11.3 Å². The molecule has 0 saturated carbocycles. The van der Waals surface area contributed by atoms with Crippen LogP contribution in [0.25, 0.3) is 11.3 Å². The summed E-state index contributed by atoms with van der Waals surface area (Å²) in [4.78, 5) is 0. The Bertz CT molecular complexity index is 522. The quantitative estimate of drug-likeness (QED) is 0.847. The summed E-state index contributed by atoms with van der Waals surface area (Å²) in [5.74, 6) is -0.0561. The minimum absolute atomic E-state index is 0.0905. The summed E-state index contributed by atoms with van der Waals surface area (Å²) >= 11 is 5.73. The highest BCUT2D eigenvalue weighted by molar-refractivity contribution is 6.31. The largest absolute Gasteiger partial charge is 0.382 e. The number of rotatable bonds is 2. The average Bonchev–Trinajstić information content (AvgIpc) is 2.63. The number of anilines is 1. The van der Waals surface area contributed by atoms with Gasteiger partial charge in [-0.2, -0.15) is 5.10 Å². The molecule has 1 aromatic heterocycles. The first kappa shape index (κ1) is 11.0. The zero-order valence-electron chi connectivity index (χ0n) is 8.72. The van der Waals surface area contributed by atoms with Gasteiger partial charge in [0.25, 0.3) is 0 Å². The molecule has 3 N–H and O–H groups in total. The summed E-state index contributed by atoms with van der Waals surface area (Å²) in [6.45, 7) is 1.94. The second kappa shape index (κ2) is 4.14. The summed E-state index contributed by atoms with van der Waals surface area (Å²) in [6.07, 6.45) is 0.684. The molecule has 84 valence electrons. The molecule has 0 spiro atoms. The van der Waals surface area contributed by atoms with Crippen LogP contribution >= 0.6 is 11.6 Å². The molecule has 2 aromatic rings. The highest BCUT2D eigenvalue weighted by Crippen LogP contribution is 2.30. The number of hydrogen-bond donors (Lipinski definition) is 2. The van der Waals surface area contributed by atoms with Crippen LogP contribution < -0.4 is 5.73 Å². The van der Waals surface area contributed by atoms with E-state index in [0.717, 1.165) is 5.56 Å². The number of nitrogens with two attached hydrogens (primary N) is 1. The maximum absolute atomic E-state index is 13.8. The molecule has 2 rings (SSSR count). The Kier molecular flexibility index (Phi) is 2.83. The third-order valence-corrected chi connectivity index (χ3v) is 2.77. The van der Waals surface area contributed by atoms with Crippen molar-refractivity contribution in [2.24, 2.45) is 0 Å². The highest BCUT2D eigenvalue weighted by atomic mass is 35.5. The molecule has 3 nitrogen and oxygen atoms in total. The number of nitrogens with zero attached hydrogens (tertiary/aromatic N) is 1. The predicted molar refractivity (Wildman–Crippen MR) is 62.8 cm³/mol. The normalized spacial score (nSPS) is 10.7. The van der Waals surface area contributed by atoms with E-state index in [2.05, 4.69) is 10.2 Å². The van der Waals surface area contributed by atoms with Crippen molar-refractivity contribution in [3.63, 3.8) is 0 Å². The van der Waals surface area contributed by atoms with Gasteiger partial charge in [-0.05, 0) is 18.6 Å². The third-order valence-electron chi connectivity index (χ3n) is 2.47. The van der Waals surface area contributed by atoms with Crippen molar-refractivity contribution in [3.05, 3.63) is 34.6 Å². The van der Waals surface area contributed by atoms with E-state index in [1.807, 2.05) is 6.92 Å². The fourth-order valence-corrected chi connectivity index (χ4v) is 1.83. The molecule has 1 heterocycles. The Morgan fingerprint density at radius 2 is 2.25 bits per heavy atom. The van der Waals surface area contributed by atoms with E-state index in [9.17, 15) is 4.39 Å². The van der Waals surface area contributed by atoms with E-state index in [1.54, 1.807) is 12.1 Å². The lowest BCUT2D eigenvalue weighted by atomic mass is 10.1. The molecule has 0 fully saturated rings. The first-order chi connectivity index (χ1) is 7.65.